The van der Waals surface area contributed by atoms with Crippen LogP contribution >= 0.6 is 0 Å². The summed E-state index contributed by atoms with van der Waals surface area (Å²) in [6.45, 7) is 5.61. The highest BCUT2D eigenvalue weighted by Crippen LogP contribution is 2.31. The van der Waals surface area contributed by atoms with E-state index in [2.05, 4.69) is 45.5 Å². The third kappa shape index (κ3) is 6.17. The largest absolute Gasteiger partial charge is 0.371 e. The van der Waals surface area contributed by atoms with Gasteiger partial charge in [-0.1, -0.05) is 36.4 Å². The minimum Gasteiger partial charge on any atom is -0.371 e. The molecule has 0 spiro atoms. The fourth-order valence-corrected chi connectivity index (χ4v) is 5.73. The second-order valence-electron chi connectivity index (χ2n) is 11.2. The summed E-state index contributed by atoms with van der Waals surface area (Å²) in [5.41, 5.74) is 12.0. The van der Waals surface area contributed by atoms with Crippen molar-refractivity contribution in [1.29, 1.82) is 0 Å². The molecule has 0 aliphatic carbocycles. The monoisotopic (exact) mass is 603 g/mol. The first kappa shape index (κ1) is 29.7. The number of nitrogens with two attached hydrogens (primary N) is 1. The Morgan fingerprint density at radius 2 is 1.89 bits per heavy atom. The number of primary amides is 1. The molecule has 0 unspecified atom stereocenters. The molecule has 2 aromatic carbocycles. The first-order chi connectivity index (χ1) is 21.8. The van der Waals surface area contributed by atoms with E-state index in [0.717, 1.165) is 11.1 Å². The quantitative estimate of drug-likeness (QED) is 0.236. The Bertz CT molecular complexity index is 1920. The number of nitrogens with zero attached hydrogens (tertiary/aromatic N) is 5. The predicted molar refractivity (Wildman–Crippen MR) is 173 cm³/mol. The van der Waals surface area contributed by atoms with Crippen molar-refractivity contribution in [3.8, 4) is 22.6 Å². The molecule has 10 heteroatoms. The van der Waals surface area contributed by atoms with E-state index < -0.39 is 5.82 Å². The Morgan fingerprint density at radius 1 is 1.07 bits per heavy atom. The summed E-state index contributed by atoms with van der Waals surface area (Å²) in [6.07, 6.45) is 5.04. The summed E-state index contributed by atoms with van der Waals surface area (Å²) in [7, 11) is 0. The van der Waals surface area contributed by atoms with Gasteiger partial charge in [0.05, 0.1) is 23.0 Å². The molecule has 228 valence electrons. The third-order valence-corrected chi connectivity index (χ3v) is 8.33. The van der Waals surface area contributed by atoms with Crippen molar-refractivity contribution in [2.45, 2.75) is 26.7 Å². The summed E-state index contributed by atoms with van der Waals surface area (Å²) in [5, 5.41) is 7.68. The number of benzene rings is 2. The Balaban J connectivity index is 1.28. The summed E-state index contributed by atoms with van der Waals surface area (Å²) in [6, 6.07) is 21.9. The van der Waals surface area contributed by atoms with Crippen molar-refractivity contribution in [2.24, 2.45) is 11.7 Å². The van der Waals surface area contributed by atoms with Crippen LogP contribution in [0.5, 0.6) is 0 Å². The number of amides is 2. The molecular weight excluding hydrogens is 569 g/mol. The number of anilines is 1. The van der Waals surface area contributed by atoms with E-state index in [0.29, 0.717) is 66.5 Å². The van der Waals surface area contributed by atoms with Gasteiger partial charge >= 0.3 is 0 Å². The maximum Gasteiger partial charge on any atom is 0.270 e. The summed E-state index contributed by atoms with van der Waals surface area (Å²) in [4.78, 5) is 36.0. The average Bonchev–Trinajstić information content (AvgIpc) is 3.73. The number of nitrogens with one attached hydrogen (secondary N) is 1. The van der Waals surface area contributed by atoms with Gasteiger partial charge in [0.15, 0.2) is 5.65 Å². The maximum atomic E-state index is 15.5. The van der Waals surface area contributed by atoms with Gasteiger partial charge in [0.25, 0.3) is 5.91 Å². The smallest absolute Gasteiger partial charge is 0.270 e. The van der Waals surface area contributed by atoms with Crippen molar-refractivity contribution in [1.82, 2.24) is 24.9 Å². The standard InChI is InChI=1S/C35H34FN7O2/c1-3-22(2)26-9-5-4-8-23(26)13-16-39-35(45)31-19-32(29-10-6-7-15-38-29)43-33(40-31)20-30(41-43)27-12-11-25(18-28(27)36)42-17-14-24(21-42)34(37)44/h3-12,15,18-20,24H,13-14,16-17,21H2,1-2H3,(H2,37,44)(H,39,45)/b22-3-/t24-/m0/s1. The van der Waals surface area contributed by atoms with Crippen molar-refractivity contribution in [3.63, 3.8) is 0 Å². The number of fused-ring (bicyclic) bond motifs is 1. The SMILES string of the molecule is C/C=C(/C)c1ccccc1CCNC(=O)c1cc(-c2ccccn2)n2nc(-c3ccc(N4CC[C@H](C(N)=O)C4)cc3F)cc2n1. The molecule has 0 saturated carbocycles. The van der Waals surface area contributed by atoms with Crippen molar-refractivity contribution in [2.75, 3.05) is 24.5 Å². The number of rotatable bonds is 9. The number of halogens is 1. The highest BCUT2D eigenvalue weighted by molar-refractivity contribution is 5.94. The molecule has 0 radical (unpaired) electrons. The van der Waals surface area contributed by atoms with Gasteiger partial charge < -0.3 is 16.0 Å². The van der Waals surface area contributed by atoms with Gasteiger partial charge in [-0.15, -0.1) is 0 Å². The normalized spacial score (nSPS) is 15.0. The molecule has 1 atom stereocenters. The topological polar surface area (TPSA) is 119 Å². The van der Waals surface area contributed by atoms with Crippen LogP contribution in [0.3, 0.4) is 0 Å². The van der Waals surface area contributed by atoms with E-state index in [-0.39, 0.29) is 23.4 Å². The van der Waals surface area contributed by atoms with Gasteiger partial charge in [0.1, 0.15) is 11.5 Å². The minimum atomic E-state index is -0.454. The molecule has 1 aliphatic rings. The van der Waals surface area contributed by atoms with Crippen molar-refractivity contribution in [3.05, 3.63) is 108 Å². The molecule has 1 fully saturated rings. The third-order valence-electron chi connectivity index (χ3n) is 8.33. The second-order valence-corrected chi connectivity index (χ2v) is 11.2. The van der Waals surface area contributed by atoms with Gasteiger partial charge in [-0.2, -0.15) is 5.10 Å². The van der Waals surface area contributed by atoms with Crippen LogP contribution < -0.4 is 16.0 Å². The molecular formula is C35H34FN7O2. The van der Waals surface area contributed by atoms with Gasteiger partial charge in [0, 0.05) is 43.1 Å². The van der Waals surface area contributed by atoms with Crippen LogP contribution in [0.15, 0.2) is 85.1 Å². The molecule has 3 N–H and O–H groups in total. The van der Waals surface area contributed by atoms with Gasteiger partial charge in [-0.3, -0.25) is 14.6 Å². The zero-order chi connectivity index (χ0) is 31.5. The fraction of sp³-hybridized carbons (Fsp3) is 0.229. The van der Waals surface area contributed by atoms with Crippen molar-refractivity contribution >= 4 is 28.7 Å². The highest BCUT2D eigenvalue weighted by atomic mass is 19.1. The van der Waals surface area contributed by atoms with Gasteiger partial charge in [-0.05, 0) is 79.8 Å². The molecule has 1 aliphatic heterocycles. The highest BCUT2D eigenvalue weighted by Gasteiger charge is 2.27. The summed E-state index contributed by atoms with van der Waals surface area (Å²) < 4.78 is 17.1. The molecule has 45 heavy (non-hydrogen) atoms. The number of carbonyl (C=O) groups is 2. The molecule has 9 nitrogen and oxygen atoms in total. The molecule has 0 bridgehead atoms. The zero-order valence-corrected chi connectivity index (χ0v) is 25.2. The van der Waals surface area contributed by atoms with E-state index in [9.17, 15) is 9.59 Å². The van der Waals surface area contributed by atoms with Crippen LogP contribution in [0.1, 0.15) is 41.9 Å². The van der Waals surface area contributed by atoms with Crippen LogP contribution in [0.25, 0.3) is 33.9 Å². The Kier molecular flexibility index (Phi) is 8.37. The van der Waals surface area contributed by atoms with Crippen LogP contribution in [0.2, 0.25) is 0 Å². The Morgan fingerprint density at radius 3 is 2.62 bits per heavy atom. The number of hydrogen-bond donors (Lipinski definition) is 2. The number of hydrogen-bond acceptors (Lipinski definition) is 6. The lowest BCUT2D eigenvalue weighted by atomic mass is 9.98. The van der Waals surface area contributed by atoms with Gasteiger partial charge in [0.2, 0.25) is 5.91 Å². The summed E-state index contributed by atoms with van der Waals surface area (Å²) in [5.74, 6) is -1.36. The Labute approximate surface area is 260 Å². The molecule has 4 heterocycles. The van der Waals surface area contributed by atoms with Crippen molar-refractivity contribution < 1.29 is 14.0 Å². The maximum absolute atomic E-state index is 15.5. The van der Waals surface area contributed by atoms with E-state index in [1.165, 1.54) is 11.6 Å². The van der Waals surface area contributed by atoms with E-state index >= 15 is 4.39 Å². The number of aromatic nitrogens is 4. The van der Waals surface area contributed by atoms with Crippen LogP contribution in [-0.2, 0) is 11.2 Å². The fourth-order valence-electron chi connectivity index (χ4n) is 5.73. The predicted octanol–water partition coefficient (Wildman–Crippen LogP) is 5.30. The molecule has 3 aromatic heterocycles. The van der Waals surface area contributed by atoms with E-state index in [1.807, 2.05) is 42.2 Å². The number of allylic oxidation sites excluding steroid dienone is 2. The van der Waals surface area contributed by atoms with Crippen LogP contribution in [-0.4, -0.2) is 51.0 Å². The first-order valence-electron chi connectivity index (χ1n) is 15.0. The second kappa shape index (κ2) is 12.7. The van der Waals surface area contributed by atoms with Gasteiger partial charge in [-0.25, -0.2) is 13.9 Å². The van der Waals surface area contributed by atoms with E-state index in [1.54, 1.807) is 35.0 Å². The zero-order valence-electron chi connectivity index (χ0n) is 25.2. The minimum absolute atomic E-state index is 0.210. The molecule has 1 saturated heterocycles. The lowest BCUT2D eigenvalue weighted by molar-refractivity contribution is -0.121. The van der Waals surface area contributed by atoms with E-state index in [4.69, 9.17) is 5.73 Å². The van der Waals surface area contributed by atoms with Crippen LogP contribution in [0, 0.1) is 11.7 Å². The lowest BCUT2D eigenvalue weighted by Crippen LogP contribution is -2.27. The molecule has 5 aromatic rings. The number of carbonyl (C=O) groups excluding carboxylic acids is 2. The number of pyridine rings is 1. The van der Waals surface area contributed by atoms with Crippen LogP contribution in [0.4, 0.5) is 10.1 Å². The average molecular weight is 604 g/mol. The first-order valence-corrected chi connectivity index (χ1v) is 15.0. The summed E-state index contributed by atoms with van der Waals surface area (Å²) >= 11 is 0. The Hall–Kier alpha value is -5.38. The molecule has 2 amide bonds. The molecule has 6 rings (SSSR count). The lowest BCUT2D eigenvalue weighted by Gasteiger charge is -2.18.